The van der Waals surface area contributed by atoms with Gasteiger partial charge in [-0.15, -0.1) is 0 Å². The maximum atomic E-state index is 13.7. The lowest BCUT2D eigenvalue weighted by atomic mass is 9.85. The molecule has 20 heavy (non-hydrogen) atoms. The van der Waals surface area contributed by atoms with Crippen LogP contribution in [0.1, 0.15) is 37.3 Å². The third-order valence-electron chi connectivity index (χ3n) is 4.24. The molecule has 1 heterocycles. The molecule has 1 aromatic rings. The molecule has 0 spiro atoms. The van der Waals surface area contributed by atoms with E-state index >= 15 is 0 Å². The highest BCUT2D eigenvalue weighted by Crippen LogP contribution is 2.81. The summed E-state index contributed by atoms with van der Waals surface area (Å²) >= 11 is 0. The maximum Gasteiger partial charge on any atom is 0.445 e. The summed E-state index contributed by atoms with van der Waals surface area (Å²) in [7, 11) is 2.89. The second-order valence-electron chi connectivity index (χ2n) is 5.38. The lowest BCUT2D eigenvalue weighted by Gasteiger charge is -2.40. The van der Waals surface area contributed by atoms with Gasteiger partial charge in [-0.3, -0.25) is 0 Å². The third-order valence-corrected chi connectivity index (χ3v) is 8.49. The highest BCUT2D eigenvalue weighted by Gasteiger charge is 2.57. The highest BCUT2D eigenvalue weighted by molar-refractivity contribution is 8.54. The maximum absolute atomic E-state index is 13.7. The molecule has 1 aromatic carbocycles. The van der Waals surface area contributed by atoms with Crippen LogP contribution >= 0.6 is 19.9 Å². The number of hydrogen-bond donors (Lipinski definition) is 0. The van der Waals surface area contributed by atoms with E-state index in [1.807, 2.05) is 13.0 Å². The van der Waals surface area contributed by atoms with Gasteiger partial charge in [-0.25, -0.2) is 0 Å². The van der Waals surface area contributed by atoms with E-state index in [1.165, 1.54) is 0 Å². The summed E-state index contributed by atoms with van der Waals surface area (Å²) in [6.45, 7) is 1.94. The summed E-state index contributed by atoms with van der Waals surface area (Å²) in [4.78, 5) is 0.731. The summed E-state index contributed by atoms with van der Waals surface area (Å²) in [6, 6.07) is 5.34. The lowest BCUT2D eigenvalue weighted by molar-refractivity contribution is -0.0362. The van der Waals surface area contributed by atoms with E-state index in [2.05, 4.69) is 0 Å². The van der Waals surface area contributed by atoms with Crippen LogP contribution in [0.4, 0.5) is 13.2 Å². The van der Waals surface area contributed by atoms with Crippen molar-refractivity contribution in [2.24, 2.45) is 5.92 Å². The zero-order chi connectivity index (χ0) is 14.5. The van der Waals surface area contributed by atoms with Crippen molar-refractivity contribution in [3.8, 4) is 0 Å². The fourth-order valence-corrected chi connectivity index (χ4v) is 6.25. The van der Waals surface area contributed by atoms with Crippen molar-refractivity contribution in [3.05, 3.63) is 34.2 Å². The van der Waals surface area contributed by atoms with Gasteiger partial charge in [0.15, 0.2) is 0 Å². The molecule has 3 rings (SSSR count). The van der Waals surface area contributed by atoms with Gasteiger partial charge in [-0.05, 0) is 73.3 Å². The molecule has 1 aliphatic heterocycles. The normalized spacial score (nSPS) is 29.4. The quantitative estimate of drug-likeness (QED) is 0.605. The second kappa shape index (κ2) is 4.70. The minimum atomic E-state index is -4.38. The summed E-state index contributed by atoms with van der Waals surface area (Å²) in [6.07, 6.45) is 5.09. The van der Waals surface area contributed by atoms with Crippen LogP contribution in [0.25, 0.3) is 6.08 Å². The van der Waals surface area contributed by atoms with Gasteiger partial charge in [0.1, 0.15) is 0 Å². The smallest absolute Gasteiger partial charge is 0.160 e. The van der Waals surface area contributed by atoms with Crippen LogP contribution < -0.4 is 0 Å². The van der Waals surface area contributed by atoms with E-state index < -0.39 is 14.7 Å². The van der Waals surface area contributed by atoms with E-state index in [0.717, 1.165) is 31.2 Å². The van der Waals surface area contributed by atoms with Crippen LogP contribution in [0.15, 0.2) is 28.0 Å². The molecule has 1 saturated carbocycles. The molecule has 2 aliphatic rings. The molecule has 0 saturated heterocycles. The Labute approximate surface area is 122 Å². The summed E-state index contributed by atoms with van der Waals surface area (Å²) in [5.74, 6) is 0.0154. The number of hydrogen-bond acceptors (Lipinski definition) is 0. The number of halogens is 4. The Balaban J connectivity index is 2.15. The Morgan fingerprint density at radius 2 is 2.00 bits per heavy atom. The van der Waals surface area contributed by atoms with E-state index in [4.69, 9.17) is 10.7 Å². The molecule has 1 unspecified atom stereocenters. The van der Waals surface area contributed by atoms with E-state index in [1.54, 1.807) is 18.2 Å². The van der Waals surface area contributed by atoms with Crippen molar-refractivity contribution in [1.82, 2.24) is 0 Å². The monoisotopic (exact) mass is 320 g/mol. The number of rotatable bonds is 2. The topological polar surface area (TPSA) is 0 Å². The fourth-order valence-electron chi connectivity index (χ4n) is 2.82. The second-order valence-corrected chi connectivity index (χ2v) is 9.22. The Morgan fingerprint density at radius 1 is 1.30 bits per heavy atom. The largest absolute Gasteiger partial charge is 0.445 e. The van der Waals surface area contributed by atoms with Gasteiger partial charge in [-0.2, -0.15) is 13.2 Å². The van der Waals surface area contributed by atoms with Crippen LogP contribution in [-0.4, -0.2) is 5.51 Å². The first-order chi connectivity index (χ1) is 9.38. The zero-order valence-corrected chi connectivity index (χ0v) is 12.7. The van der Waals surface area contributed by atoms with Crippen molar-refractivity contribution in [3.63, 3.8) is 0 Å². The molecular weight excluding hydrogens is 305 g/mol. The van der Waals surface area contributed by atoms with Crippen molar-refractivity contribution in [2.75, 3.05) is 0 Å². The van der Waals surface area contributed by atoms with Gasteiger partial charge in [-0.1, -0.05) is 25.5 Å². The van der Waals surface area contributed by atoms with Crippen LogP contribution in [-0.2, 0) is 6.42 Å². The average Bonchev–Trinajstić information content (AvgIpc) is 2.61. The SMILES string of the molecule is CCc1ccc2c(c1)S(Cl)(C(F)(F)F)C(C1CCC1)=C2. The molecule has 0 radical (unpaired) electrons. The molecule has 0 N–H and O–H groups in total. The van der Waals surface area contributed by atoms with Gasteiger partial charge in [0.05, 0.1) is 0 Å². The van der Waals surface area contributed by atoms with Gasteiger partial charge >= 0.3 is 5.51 Å². The molecule has 0 aromatic heterocycles. The van der Waals surface area contributed by atoms with E-state index in [-0.39, 0.29) is 5.92 Å². The molecule has 1 fully saturated rings. The molecule has 0 bridgehead atoms. The van der Waals surface area contributed by atoms with Crippen molar-refractivity contribution in [2.45, 2.75) is 43.0 Å². The average molecular weight is 321 g/mol. The zero-order valence-electron chi connectivity index (χ0n) is 11.1. The standard InChI is InChI=1S/C15H16ClF3S/c1-2-10-6-7-12-9-14(11-4-3-5-11)20(16,13(12)8-10)15(17,18)19/h6-9,11H,2-5H2,1H3. The van der Waals surface area contributed by atoms with Crippen molar-refractivity contribution >= 4 is 26.0 Å². The third kappa shape index (κ3) is 1.92. The van der Waals surface area contributed by atoms with Crippen LogP contribution in [0.3, 0.4) is 0 Å². The summed E-state index contributed by atoms with van der Waals surface area (Å²) in [5.41, 5.74) is -2.81. The predicted molar refractivity (Wildman–Crippen MR) is 78.9 cm³/mol. The number of allylic oxidation sites excluding steroid dienone is 1. The Kier molecular flexibility index (Phi) is 3.37. The molecule has 1 aliphatic carbocycles. The lowest BCUT2D eigenvalue weighted by Crippen LogP contribution is -2.23. The van der Waals surface area contributed by atoms with Crippen molar-refractivity contribution < 1.29 is 13.2 Å². The van der Waals surface area contributed by atoms with E-state index in [0.29, 0.717) is 15.4 Å². The van der Waals surface area contributed by atoms with Crippen LogP contribution in [0.5, 0.6) is 0 Å². The summed E-state index contributed by atoms with van der Waals surface area (Å²) in [5, 5.41) is 0. The molecule has 1 atom stereocenters. The Morgan fingerprint density at radius 3 is 2.50 bits per heavy atom. The minimum absolute atomic E-state index is 0.0154. The predicted octanol–water partition coefficient (Wildman–Crippen LogP) is 6.24. The first-order valence-electron chi connectivity index (χ1n) is 6.81. The molecule has 0 nitrogen and oxygen atoms in total. The molecule has 110 valence electrons. The number of aryl methyl sites for hydroxylation is 1. The number of fused-ring (bicyclic) bond motifs is 1. The molecule has 0 amide bonds. The molecular formula is C15H16ClF3S. The number of alkyl halides is 3. The van der Waals surface area contributed by atoms with Gasteiger partial charge in [0.25, 0.3) is 0 Å². The number of benzene rings is 1. The first kappa shape index (κ1) is 14.3. The fraction of sp³-hybridized carbons (Fsp3) is 0.467. The Bertz CT molecular complexity index is 575. The minimum Gasteiger partial charge on any atom is -0.160 e. The highest BCUT2D eigenvalue weighted by atomic mass is 35.7. The van der Waals surface area contributed by atoms with Gasteiger partial charge in [0, 0.05) is 4.90 Å². The summed E-state index contributed by atoms with van der Waals surface area (Å²) < 4.78 is 41.1. The van der Waals surface area contributed by atoms with E-state index in [9.17, 15) is 13.2 Å². The van der Waals surface area contributed by atoms with Crippen LogP contribution in [0, 0.1) is 5.92 Å². The first-order valence-corrected chi connectivity index (χ1v) is 9.27. The molecule has 5 heteroatoms. The van der Waals surface area contributed by atoms with Crippen LogP contribution in [0.2, 0.25) is 0 Å². The Hall–Kier alpha value is -0.610. The van der Waals surface area contributed by atoms with Gasteiger partial charge < -0.3 is 0 Å². The van der Waals surface area contributed by atoms with Gasteiger partial charge in [0.2, 0.25) is 0 Å². The van der Waals surface area contributed by atoms with Crippen molar-refractivity contribution in [1.29, 1.82) is 0 Å².